The molecule has 0 saturated carbocycles. The highest BCUT2D eigenvalue weighted by Gasteiger charge is 1.94. The van der Waals surface area contributed by atoms with Crippen LogP contribution < -0.4 is 5.73 Å². The van der Waals surface area contributed by atoms with Gasteiger partial charge < -0.3 is 15.2 Å². The fourth-order valence-electron chi connectivity index (χ4n) is 0.379. The van der Waals surface area contributed by atoms with E-state index in [-0.39, 0.29) is 25.8 Å². The van der Waals surface area contributed by atoms with Crippen molar-refractivity contribution >= 4 is 11.7 Å². The molecule has 0 spiro atoms. The van der Waals surface area contributed by atoms with Gasteiger partial charge in [-0.2, -0.15) is 0 Å². The topological polar surface area (TPSA) is 78.6 Å². The first-order valence-corrected chi connectivity index (χ1v) is 3.02. The Kier molecular flexibility index (Phi) is 4.31. The van der Waals surface area contributed by atoms with E-state index in [1.165, 1.54) is 6.92 Å². The zero-order valence-corrected chi connectivity index (χ0v) is 6.25. The smallest absolute Gasteiger partial charge is 0.243 e. The predicted octanol–water partition coefficient (Wildman–Crippen LogP) is -0.949. The molecule has 11 heavy (non-hydrogen) atoms. The van der Waals surface area contributed by atoms with Gasteiger partial charge in [0.1, 0.15) is 20.0 Å². The van der Waals surface area contributed by atoms with Gasteiger partial charge in [-0.05, 0) is 6.92 Å². The maximum Gasteiger partial charge on any atom is 0.243 e. The third kappa shape index (κ3) is 9.06. The molecule has 0 aliphatic heterocycles. The Morgan fingerprint density at radius 2 is 2.09 bits per heavy atom. The van der Waals surface area contributed by atoms with Crippen LogP contribution in [-0.2, 0) is 19.1 Å². The minimum absolute atomic E-state index is 0.0253. The van der Waals surface area contributed by atoms with Crippen LogP contribution in [0.4, 0.5) is 0 Å². The molecule has 5 nitrogen and oxygen atoms in total. The lowest BCUT2D eigenvalue weighted by atomic mass is 10.5. The number of ketones is 1. The number of hydrogen-bond acceptors (Lipinski definition) is 4. The van der Waals surface area contributed by atoms with Crippen LogP contribution >= 0.6 is 0 Å². The number of amides is 1. The Bertz CT molecular complexity index is 162. The van der Waals surface area contributed by atoms with E-state index >= 15 is 0 Å². The Labute approximate surface area is 65.9 Å². The average Bonchev–Trinajstić information content (AvgIpc) is 2.03. The molecule has 0 fully saturated rings. The number of Topliss-reactive ketones (excluding diaryl/α,β-unsaturated/α-hetero) is 1. The van der Waals surface area contributed by atoms with Gasteiger partial charge in [0, 0.05) is 0 Å². The summed E-state index contributed by atoms with van der Waals surface area (Å²) in [6, 6.07) is 0. The Morgan fingerprint density at radius 1 is 1.45 bits per heavy atom. The average molecular weight is 163 g/mol. The lowest BCUT2D eigenvalue weighted by molar-refractivity contribution is -0.133. The van der Waals surface area contributed by atoms with Gasteiger partial charge in [0.15, 0.2) is 7.20 Å². The second-order valence-corrected chi connectivity index (χ2v) is 1.94. The molecule has 5 heteroatoms. The molecule has 0 aromatic heterocycles. The number of primary amides is 1. The first-order chi connectivity index (χ1) is 5.66. The molecular weight excluding hydrogens is 150 g/mol. The Balaban J connectivity index is 3.11. The van der Waals surface area contributed by atoms with E-state index in [1.807, 2.05) is 0 Å². The lowest BCUT2D eigenvalue weighted by Crippen LogP contribution is -2.19. The van der Waals surface area contributed by atoms with Crippen molar-refractivity contribution < 1.29 is 20.5 Å². The number of carbonyl (C=O) groups excluding carboxylic acids is 2. The molecule has 0 aromatic rings. The van der Waals surface area contributed by atoms with Gasteiger partial charge in [-0.3, -0.25) is 9.59 Å². The highest BCUT2D eigenvalue weighted by molar-refractivity contribution is 5.76. The van der Waals surface area contributed by atoms with E-state index in [0.717, 1.165) is 0 Å². The van der Waals surface area contributed by atoms with Gasteiger partial charge in [0.05, 0.1) is 0 Å². The summed E-state index contributed by atoms with van der Waals surface area (Å²) in [7, 11) is 0. The molecule has 0 heterocycles. The first-order valence-electron chi connectivity index (χ1n) is 3.52. The summed E-state index contributed by atoms with van der Waals surface area (Å²) in [5.41, 5.74) is 1.63. The number of ether oxygens (including phenoxy) is 2. The van der Waals surface area contributed by atoms with Crippen LogP contribution in [0.15, 0.2) is 0 Å². The largest absolute Gasteiger partial charge is 0.368 e. The zero-order valence-electron chi connectivity index (χ0n) is 7.25. The van der Waals surface area contributed by atoms with Gasteiger partial charge in [0.25, 0.3) is 0 Å². The molecule has 0 unspecified atom stereocenters. The number of nitrogens with two attached hydrogens (primary N) is 1. The minimum atomic E-state index is -0.554. The van der Waals surface area contributed by atoms with E-state index in [9.17, 15) is 9.59 Å². The summed E-state index contributed by atoms with van der Waals surface area (Å²) in [6.45, 7) is 1.01. The quantitative estimate of drug-likeness (QED) is 0.404. The molecule has 0 aromatic carbocycles. The van der Waals surface area contributed by atoms with E-state index in [1.54, 1.807) is 5.73 Å². The summed E-state index contributed by atoms with van der Waals surface area (Å²) in [6.07, 6.45) is 0. The number of rotatable bonds is 6. The van der Waals surface area contributed by atoms with Crippen molar-refractivity contribution in [3.05, 3.63) is 0 Å². The van der Waals surface area contributed by atoms with Crippen molar-refractivity contribution in [2.45, 2.75) is 6.92 Å². The number of hydrogen-bond donors (Lipinski definition) is 1. The maximum absolute atomic E-state index is 10.4. The molecule has 0 radical (unpaired) electrons. The molecule has 1 amide bonds. The van der Waals surface area contributed by atoms with Crippen molar-refractivity contribution in [1.29, 1.82) is 0 Å². The van der Waals surface area contributed by atoms with Gasteiger partial charge in [-0.15, -0.1) is 0 Å². The normalized spacial score (nSPS) is 10.5. The molecule has 2 N–H and O–H groups in total. The second kappa shape index (κ2) is 5.82. The monoisotopic (exact) mass is 163 g/mol. The van der Waals surface area contributed by atoms with Gasteiger partial charge in [-0.25, -0.2) is 0 Å². The van der Waals surface area contributed by atoms with Crippen molar-refractivity contribution in [3.8, 4) is 0 Å². The Morgan fingerprint density at radius 3 is 2.64 bits per heavy atom. The van der Waals surface area contributed by atoms with Crippen LogP contribution in [0.5, 0.6) is 0 Å². The first kappa shape index (κ1) is 8.16. The predicted molar refractivity (Wildman–Crippen MR) is 36.6 cm³/mol. The minimum Gasteiger partial charge on any atom is -0.368 e. The summed E-state index contributed by atoms with van der Waals surface area (Å²) in [4.78, 5) is 20.7. The molecule has 0 rings (SSSR count). The van der Waals surface area contributed by atoms with Crippen LogP contribution in [0.1, 0.15) is 6.92 Å². The van der Waals surface area contributed by atoms with Crippen molar-refractivity contribution in [2.24, 2.45) is 5.73 Å². The van der Waals surface area contributed by atoms with Gasteiger partial charge in [0.2, 0.25) is 5.91 Å². The van der Waals surface area contributed by atoms with Crippen LogP contribution in [0, 0.1) is 0 Å². The zero-order chi connectivity index (χ0) is 9.40. The third-order valence-corrected chi connectivity index (χ3v) is 0.705. The molecule has 64 valence electrons. The van der Waals surface area contributed by atoms with E-state index in [0.29, 0.717) is 0 Å². The van der Waals surface area contributed by atoms with Crippen molar-refractivity contribution in [1.82, 2.24) is 0 Å². The van der Waals surface area contributed by atoms with Gasteiger partial charge >= 0.3 is 0 Å². The summed E-state index contributed by atoms with van der Waals surface area (Å²) < 4.78 is 15.7. The fourth-order valence-corrected chi connectivity index (χ4v) is 0.379. The SMILES string of the molecule is [3H]NC(=O)COCOCC(C)=O. The van der Waals surface area contributed by atoms with E-state index < -0.39 is 5.91 Å². The molecule has 0 aliphatic rings. The highest BCUT2D eigenvalue weighted by Crippen LogP contribution is 1.78. The van der Waals surface area contributed by atoms with E-state index in [2.05, 4.69) is 9.47 Å². The number of carbonyl (C=O) groups is 2. The second-order valence-electron chi connectivity index (χ2n) is 1.94. The van der Waals surface area contributed by atoms with Crippen LogP contribution in [0.3, 0.4) is 0 Å². The van der Waals surface area contributed by atoms with Crippen molar-refractivity contribution in [2.75, 3.05) is 20.0 Å². The third-order valence-electron chi connectivity index (χ3n) is 0.705. The molecule has 0 bridgehead atoms. The van der Waals surface area contributed by atoms with Crippen molar-refractivity contribution in [3.63, 3.8) is 0 Å². The lowest BCUT2D eigenvalue weighted by Gasteiger charge is -2.00. The van der Waals surface area contributed by atoms with E-state index in [4.69, 9.17) is 1.41 Å². The highest BCUT2D eigenvalue weighted by atomic mass is 16.7. The fraction of sp³-hybridized carbons (Fsp3) is 0.667. The molecule has 0 atom stereocenters. The molecule has 0 aliphatic carbocycles. The van der Waals surface area contributed by atoms with Crippen LogP contribution in [0.2, 0.25) is 1.41 Å². The Hall–Kier alpha value is -0.940. The van der Waals surface area contributed by atoms with Crippen LogP contribution in [-0.4, -0.2) is 31.7 Å². The summed E-state index contributed by atoms with van der Waals surface area (Å²) in [5, 5.41) is 0. The van der Waals surface area contributed by atoms with Crippen LogP contribution in [0.25, 0.3) is 0 Å². The standard InChI is InChI=1S/C6H11NO4/c1-5(8)2-10-4-11-3-6(7)9/h2-4H2,1H3,(H2,7,9)/i/hT. The van der Waals surface area contributed by atoms with Gasteiger partial charge in [-0.1, -0.05) is 0 Å². The molecular formula is C6H11NO4. The summed E-state index contributed by atoms with van der Waals surface area (Å²) >= 11 is 0. The maximum atomic E-state index is 10.4. The molecule has 0 saturated heterocycles. The summed E-state index contributed by atoms with van der Waals surface area (Å²) in [5.74, 6) is -0.662.